The van der Waals surface area contributed by atoms with Crippen molar-refractivity contribution in [3.05, 3.63) is 35.4 Å². The summed E-state index contributed by atoms with van der Waals surface area (Å²) in [6.07, 6.45) is -2.08. The van der Waals surface area contributed by atoms with Gasteiger partial charge in [-0.25, -0.2) is 0 Å². The first kappa shape index (κ1) is 14.5. The summed E-state index contributed by atoms with van der Waals surface area (Å²) in [5, 5.41) is 21.4. The molecular formula is C14H12N2O5. The van der Waals surface area contributed by atoms with E-state index in [9.17, 15) is 9.59 Å². The first-order valence-electron chi connectivity index (χ1n) is 6.14. The number of ether oxygens (including phenoxy) is 1. The lowest BCUT2D eigenvalue weighted by Crippen LogP contribution is -2.35. The topological polar surface area (TPSA) is 109 Å². The Kier molecular flexibility index (Phi) is 4.18. The van der Waals surface area contributed by atoms with Gasteiger partial charge in [0.25, 0.3) is 0 Å². The maximum atomic E-state index is 11.2. The van der Waals surface area contributed by atoms with Crippen LogP contribution in [-0.4, -0.2) is 35.0 Å². The minimum Gasteiger partial charge on any atom is -0.481 e. The molecule has 0 spiro atoms. The standard InChI is InChI=1S/C14H12N2O5/c1-8(17)20-14-11(6-12(18)19)21-16-13(14)10-4-2-9(7-15)3-5-10/h2-5,11,14H,6H2,1H3,(H,18,19)/t11-,14-/m0/s1. The van der Waals surface area contributed by atoms with Crippen LogP contribution in [-0.2, 0) is 19.2 Å². The van der Waals surface area contributed by atoms with Crippen molar-refractivity contribution in [1.29, 1.82) is 5.26 Å². The molecule has 2 atom stereocenters. The van der Waals surface area contributed by atoms with E-state index >= 15 is 0 Å². The number of hydrogen-bond acceptors (Lipinski definition) is 6. The maximum Gasteiger partial charge on any atom is 0.307 e. The lowest BCUT2D eigenvalue weighted by Gasteiger charge is -2.17. The Morgan fingerprint density at radius 2 is 2.10 bits per heavy atom. The Morgan fingerprint density at radius 1 is 1.43 bits per heavy atom. The van der Waals surface area contributed by atoms with E-state index < -0.39 is 24.1 Å². The molecule has 0 bridgehead atoms. The summed E-state index contributed by atoms with van der Waals surface area (Å²) < 4.78 is 5.13. The molecule has 1 aromatic rings. The lowest BCUT2D eigenvalue weighted by atomic mass is 9.99. The highest BCUT2D eigenvalue weighted by atomic mass is 16.7. The second-order valence-electron chi connectivity index (χ2n) is 4.44. The number of rotatable bonds is 4. The smallest absolute Gasteiger partial charge is 0.307 e. The van der Waals surface area contributed by atoms with Crippen molar-refractivity contribution in [2.24, 2.45) is 5.16 Å². The number of carboxylic acid groups (broad SMARTS) is 1. The van der Waals surface area contributed by atoms with E-state index in [1.165, 1.54) is 6.92 Å². The number of carbonyl (C=O) groups excluding carboxylic acids is 1. The van der Waals surface area contributed by atoms with E-state index in [2.05, 4.69) is 5.16 Å². The predicted octanol–water partition coefficient (Wildman–Crippen LogP) is 1.07. The van der Waals surface area contributed by atoms with Gasteiger partial charge in [-0.05, 0) is 12.1 Å². The summed E-state index contributed by atoms with van der Waals surface area (Å²) in [5.74, 6) is -1.63. The Labute approximate surface area is 120 Å². The number of carbonyl (C=O) groups is 2. The summed E-state index contributed by atoms with van der Waals surface area (Å²) in [7, 11) is 0. The average molecular weight is 288 g/mol. The van der Waals surface area contributed by atoms with Gasteiger partial charge in [-0.1, -0.05) is 17.3 Å². The largest absolute Gasteiger partial charge is 0.481 e. The van der Waals surface area contributed by atoms with Gasteiger partial charge >= 0.3 is 11.9 Å². The van der Waals surface area contributed by atoms with Gasteiger partial charge in [-0.3, -0.25) is 9.59 Å². The van der Waals surface area contributed by atoms with Crippen molar-refractivity contribution in [1.82, 2.24) is 0 Å². The first-order chi connectivity index (χ1) is 10.0. The number of aliphatic carboxylic acids is 1. The van der Waals surface area contributed by atoms with Crippen LogP contribution in [0.15, 0.2) is 29.4 Å². The maximum absolute atomic E-state index is 11.2. The zero-order chi connectivity index (χ0) is 15.4. The van der Waals surface area contributed by atoms with Crippen molar-refractivity contribution < 1.29 is 24.3 Å². The third kappa shape index (κ3) is 3.36. The molecule has 0 aliphatic carbocycles. The Balaban J connectivity index is 2.25. The Hall–Kier alpha value is -2.88. The second-order valence-corrected chi connectivity index (χ2v) is 4.44. The van der Waals surface area contributed by atoms with Crippen LogP contribution in [0.3, 0.4) is 0 Å². The van der Waals surface area contributed by atoms with E-state index in [1.54, 1.807) is 24.3 Å². The molecule has 0 radical (unpaired) electrons. The molecule has 7 nitrogen and oxygen atoms in total. The van der Waals surface area contributed by atoms with E-state index in [0.29, 0.717) is 16.8 Å². The molecule has 0 amide bonds. The number of carboxylic acids is 1. The van der Waals surface area contributed by atoms with E-state index in [0.717, 1.165) is 0 Å². The van der Waals surface area contributed by atoms with E-state index in [-0.39, 0.29) is 6.42 Å². The van der Waals surface area contributed by atoms with Crippen molar-refractivity contribution in [3.8, 4) is 6.07 Å². The zero-order valence-corrected chi connectivity index (χ0v) is 11.1. The molecule has 1 heterocycles. The fourth-order valence-electron chi connectivity index (χ4n) is 1.97. The van der Waals surface area contributed by atoms with Gasteiger partial charge in [0.1, 0.15) is 5.71 Å². The van der Waals surface area contributed by atoms with E-state index in [4.69, 9.17) is 19.9 Å². The molecule has 0 unspecified atom stereocenters. The number of esters is 1. The molecule has 2 rings (SSSR count). The van der Waals surface area contributed by atoms with Crippen molar-refractivity contribution in [2.45, 2.75) is 25.6 Å². The van der Waals surface area contributed by atoms with Gasteiger partial charge in [0, 0.05) is 12.5 Å². The molecule has 0 saturated heterocycles. The third-order valence-corrected chi connectivity index (χ3v) is 2.87. The van der Waals surface area contributed by atoms with Gasteiger partial charge in [-0.15, -0.1) is 0 Å². The molecule has 1 aromatic carbocycles. The van der Waals surface area contributed by atoms with Gasteiger partial charge in [0.15, 0.2) is 12.2 Å². The molecule has 1 aliphatic rings. The molecule has 7 heteroatoms. The number of nitriles is 1. The van der Waals surface area contributed by atoms with Gasteiger partial charge < -0.3 is 14.7 Å². The summed E-state index contributed by atoms with van der Waals surface area (Å²) in [4.78, 5) is 27.1. The minimum absolute atomic E-state index is 0.332. The highest BCUT2D eigenvalue weighted by molar-refractivity contribution is 6.05. The van der Waals surface area contributed by atoms with Crippen molar-refractivity contribution >= 4 is 17.7 Å². The van der Waals surface area contributed by atoms with Gasteiger partial charge in [0.05, 0.1) is 18.1 Å². The molecular weight excluding hydrogens is 276 g/mol. The minimum atomic E-state index is -1.08. The monoisotopic (exact) mass is 288 g/mol. The molecule has 0 fully saturated rings. The first-order valence-corrected chi connectivity index (χ1v) is 6.14. The third-order valence-electron chi connectivity index (χ3n) is 2.87. The quantitative estimate of drug-likeness (QED) is 0.830. The van der Waals surface area contributed by atoms with Gasteiger partial charge in [-0.2, -0.15) is 5.26 Å². The van der Waals surface area contributed by atoms with Crippen LogP contribution in [0.5, 0.6) is 0 Å². The fraction of sp³-hybridized carbons (Fsp3) is 0.286. The predicted molar refractivity (Wildman–Crippen MR) is 70.4 cm³/mol. The van der Waals surface area contributed by atoms with Crippen LogP contribution in [0.1, 0.15) is 24.5 Å². The summed E-state index contributed by atoms with van der Waals surface area (Å²) in [6, 6.07) is 8.45. The normalized spacial score (nSPS) is 20.1. The average Bonchev–Trinajstić information content (AvgIpc) is 2.80. The Bertz CT molecular complexity index is 630. The van der Waals surface area contributed by atoms with Crippen molar-refractivity contribution in [3.63, 3.8) is 0 Å². The summed E-state index contributed by atoms with van der Waals surface area (Å²) in [6.45, 7) is 1.23. The van der Waals surface area contributed by atoms with Crippen LogP contribution in [0.2, 0.25) is 0 Å². The molecule has 0 aromatic heterocycles. The number of hydrogen-bond donors (Lipinski definition) is 1. The number of nitrogens with zero attached hydrogens (tertiary/aromatic N) is 2. The van der Waals surface area contributed by atoms with Crippen LogP contribution >= 0.6 is 0 Å². The molecule has 1 aliphatic heterocycles. The highest BCUT2D eigenvalue weighted by Crippen LogP contribution is 2.23. The zero-order valence-electron chi connectivity index (χ0n) is 11.1. The summed E-state index contributed by atoms with van der Waals surface area (Å²) in [5.41, 5.74) is 1.42. The number of oxime groups is 1. The number of benzene rings is 1. The molecule has 21 heavy (non-hydrogen) atoms. The van der Waals surface area contributed by atoms with Crippen molar-refractivity contribution in [2.75, 3.05) is 0 Å². The van der Waals surface area contributed by atoms with Crippen LogP contribution < -0.4 is 0 Å². The van der Waals surface area contributed by atoms with Crippen LogP contribution in [0, 0.1) is 11.3 Å². The molecule has 0 saturated carbocycles. The molecule has 108 valence electrons. The molecule has 1 N–H and O–H groups in total. The van der Waals surface area contributed by atoms with Crippen LogP contribution in [0.25, 0.3) is 0 Å². The Morgan fingerprint density at radius 3 is 2.62 bits per heavy atom. The summed E-state index contributed by atoms with van der Waals surface area (Å²) >= 11 is 0. The lowest BCUT2D eigenvalue weighted by molar-refractivity contribution is -0.152. The fourth-order valence-corrected chi connectivity index (χ4v) is 1.97. The highest BCUT2D eigenvalue weighted by Gasteiger charge is 2.39. The van der Waals surface area contributed by atoms with Gasteiger partial charge in [0.2, 0.25) is 0 Å². The second kappa shape index (κ2) is 6.05. The SMILES string of the molecule is CC(=O)O[C@@H]1C(c2ccc(C#N)cc2)=NO[C@H]1CC(=O)O. The van der Waals surface area contributed by atoms with E-state index in [1.807, 2.05) is 6.07 Å². The van der Waals surface area contributed by atoms with Crippen LogP contribution in [0.4, 0.5) is 0 Å².